The maximum atomic E-state index is 6.72. The summed E-state index contributed by atoms with van der Waals surface area (Å²) in [6.45, 7) is 0. The van der Waals surface area contributed by atoms with Crippen molar-refractivity contribution in [3.63, 3.8) is 0 Å². The number of anilines is 3. The van der Waals surface area contributed by atoms with Crippen LogP contribution in [0.4, 0.5) is 17.1 Å². The lowest BCUT2D eigenvalue weighted by molar-refractivity contribution is 0.415. The van der Waals surface area contributed by atoms with Crippen LogP contribution in [0, 0.1) is 0 Å². The number of nitrogens with zero attached hydrogens (tertiary/aromatic N) is 1. The van der Waals surface area contributed by atoms with Gasteiger partial charge in [0.15, 0.2) is 0 Å². The highest BCUT2D eigenvalue weighted by molar-refractivity contribution is 6.36. The molecule has 8 rings (SSSR count). The molecule has 0 N–H and O–H groups in total. The third-order valence-electron chi connectivity index (χ3n) is 9.61. The molecule has 0 amide bonds. The van der Waals surface area contributed by atoms with Gasteiger partial charge < -0.3 is 14.1 Å². The van der Waals surface area contributed by atoms with Crippen LogP contribution >= 0.6 is 23.2 Å². The van der Waals surface area contributed by atoms with Gasteiger partial charge in [-0.15, -0.1) is 0 Å². The quantitative estimate of drug-likeness (QED) is 0.131. The first-order valence-electron chi connectivity index (χ1n) is 18.3. The molecule has 0 saturated carbocycles. The third kappa shape index (κ3) is 8.40. The molecule has 0 aliphatic rings. The van der Waals surface area contributed by atoms with E-state index in [0.717, 1.165) is 56.6 Å². The van der Waals surface area contributed by atoms with Crippen LogP contribution < -0.4 is 9.64 Å². The van der Waals surface area contributed by atoms with Crippen LogP contribution in [0.1, 0.15) is 28.2 Å². The smallest absolute Gasteiger partial charge is 0.128 e. The van der Waals surface area contributed by atoms with Gasteiger partial charge >= 0.3 is 0 Å². The first kappa shape index (κ1) is 36.5. The summed E-state index contributed by atoms with van der Waals surface area (Å²) in [4.78, 5) is 2.10. The number of hydrogen-bond acceptors (Lipinski definition) is 3. The number of furan rings is 1. The Morgan fingerprint density at radius 3 is 1.57 bits per heavy atom. The Bertz CT molecular complexity index is 2510. The van der Waals surface area contributed by atoms with Gasteiger partial charge in [-0.2, -0.15) is 0 Å². The monoisotopic (exact) mass is 765 g/mol. The van der Waals surface area contributed by atoms with Crippen molar-refractivity contribution in [3.8, 4) is 28.0 Å². The van der Waals surface area contributed by atoms with Crippen LogP contribution in [0.5, 0.6) is 5.75 Å². The van der Waals surface area contributed by atoms with Gasteiger partial charge in [-0.3, -0.25) is 0 Å². The molecule has 272 valence electrons. The fourth-order valence-corrected chi connectivity index (χ4v) is 7.18. The molecule has 3 nitrogen and oxygen atoms in total. The molecule has 0 atom stereocenters. The van der Waals surface area contributed by atoms with Crippen molar-refractivity contribution >= 4 is 64.1 Å². The van der Waals surface area contributed by atoms with Crippen LogP contribution in [-0.4, -0.2) is 7.11 Å². The molecule has 1 aromatic heterocycles. The first-order chi connectivity index (χ1) is 27.5. The Kier molecular flexibility index (Phi) is 11.0. The van der Waals surface area contributed by atoms with E-state index in [-0.39, 0.29) is 0 Å². The zero-order valence-electron chi connectivity index (χ0n) is 30.6. The topological polar surface area (TPSA) is 25.6 Å². The van der Waals surface area contributed by atoms with E-state index < -0.39 is 0 Å². The molecule has 56 heavy (non-hydrogen) atoms. The largest absolute Gasteiger partial charge is 0.497 e. The Hall–Kier alpha value is -6.52. The van der Waals surface area contributed by atoms with Gasteiger partial charge in [0, 0.05) is 16.4 Å². The number of benzene rings is 7. The van der Waals surface area contributed by atoms with E-state index in [1.807, 2.05) is 66.7 Å². The molecular weight excluding hydrogens is 729 g/mol. The summed E-state index contributed by atoms with van der Waals surface area (Å²) in [5, 5.41) is 1.13. The van der Waals surface area contributed by atoms with Crippen LogP contribution in [0.25, 0.3) is 46.1 Å². The summed E-state index contributed by atoms with van der Waals surface area (Å²) in [7, 11) is 1.66. The lowest BCUT2D eigenvalue weighted by Gasteiger charge is -2.26. The summed E-state index contributed by atoms with van der Waals surface area (Å²) >= 11 is 13.0. The van der Waals surface area contributed by atoms with E-state index in [4.69, 9.17) is 32.4 Å². The highest BCUT2D eigenvalue weighted by Crippen LogP contribution is 2.40. The van der Waals surface area contributed by atoms with Crippen LogP contribution in [0.2, 0.25) is 10.0 Å². The van der Waals surface area contributed by atoms with Gasteiger partial charge in [-0.1, -0.05) is 151 Å². The second-order valence-corrected chi connectivity index (χ2v) is 14.1. The first-order valence-corrected chi connectivity index (χ1v) is 19.1. The van der Waals surface area contributed by atoms with Gasteiger partial charge in [0.05, 0.1) is 17.8 Å². The highest BCUT2D eigenvalue weighted by atomic mass is 35.5. The molecule has 1 heterocycles. The second-order valence-electron chi connectivity index (χ2n) is 13.2. The van der Waals surface area contributed by atoms with E-state index >= 15 is 0 Å². The molecule has 5 heteroatoms. The molecule has 0 spiro atoms. The summed E-state index contributed by atoms with van der Waals surface area (Å²) in [5.74, 6) is 2.30. The van der Waals surface area contributed by atoms with Crippen LogP contribution in [0.3, 0.4) is 0 Å². The summed E-state index contributed by atoms with van der Waals surface area (Å²) in [5.41, 5.74) is 11.7. The van der Waals surface area contributed by atoms with E-state index in [2.05, 4.69) is 138 Å². The van der Waals surface area contributed by atoms with Crippen molar-refractivity contribution in [3.05, 3.63) is 226 Å². The molecule has 0 saturated heterocycles. The zero-order chi connectivity index (χ0) is 38.3. The lowest BCUT2D eigenvalue weighted by Crippen LogP contribution is -2.10. The minimum atomic E-state index is 0.552. The van der Waals surface area contributed by atoms with Crippen molar-refractivity contribution < 1.29 is 9.15 Å². The standard InChI is InChI=1S/C51H37Cl2NO2/c1-55-46-29-26-45(27-30-46)54(51-33-23-43(52)34-50(51)53)44-24-12-36(13-25-44)14-28-47-31-32-48(56-47)35-49(41-19-15-39(16-20-41)37-8-4-2-5-9-37)42-21-17-40(18-22-42)38-10-6-3-7-11-38/h2-35H,1H3. The Morgan fingerprint density at radius 2 is 1.04 bits per heavy atom. The molecule has 0 unspecified atom stereocenters. The Labute approximate surface area is 338 Å². The normalized spacial score (nSPS) is 11.1. The number of methoxy groups -OCH3 is 1. The SMILES string of the molecule is COc1ccc(N(c2ccc(C=Cc3ccc(C=C(c4ccc(-c5ccccc5)cc4)c4ccc(-c5ccccc5)cc4)o3)cc2)c2ccc(Cl)cc2Cl)cc1. The highest BCUT2D eigenvalue weighted by Gasteiger charge is 2.16. The van der Waals surface area contributed by atoms with Crippen molar-refractivity contribution in [2.75, 3.05) is 12.0 Å². The Balaban J connectivity index is 1.06. The minimum absolute atomic E-state index is 0.552. The van der Waals surface area contributed by atoms with Crippen LogP contribution in [-0.2, 0) is 0 Å². The molecule has 8 aromatic rings. The molecule has 7 aromatic carbocycles. The summed E-state index contributed by atoms with van der Waals surface area (Å²) in [6.07, 6.45) is 6.16. The van der Waals surface area contributed by atoms with Gasteiger partial charge in [-0.25, -0.2) is 0 Å². The Morgan fingerprint density at radius 1 is 0.518 bits per heavy atom. The molecular formula is C51H37Cl2NO2. The fraction of sp³-hybridized carbons (Fsp3) is 0.0196. The molecule has 0 fully saturated rings. The van der Waals surface area contributed by atoms with Crippen molar-refractivity contribution in [2.24, 2.45) is 0 Å². The number of halogens is 2. The van der Waals surface area contributed by atoms with Crippen molar-refractivity contribution in [1.82, 2.24) is 0 Å². The fourth-order valence-electron chi connectivity index (χ4n) is 6.69. The second kappa shape index (κ2) is 16.9. The average Bonchev–Trinajstić information content (AvgIpc) is 3.72. The third-order valence-corrected chi connectivity index (χ3v) is 10.2. The van der Waals surface area contributed by atoms with Gasteiger partial charge in [-0.05, 0) is 123 Å². The number of hydrogen-bond donors (Lipinski definition) is 0. The number of rotatable bonds is 11. The van der Waals surface area contributed by atoms with E-state index in [1.165, 1.54) is 22.3 Å². The summed E-state index contributed by atoms with van der Waals surface area (Å²) in [6, 6.07) is 64.1. The molecule has 0 radical (unpaired) electrons. The average molecular weight is 767 g/mol. The van der Waals surface area contributed by atoms with E-state index in [0.29, 0.717) is 10.0 Å². The zero-order valence-corrected chi connectivity index (χ0v) is 32.2. The van der Waals surface area contributed by atoms with Gasteiger partial charge in [0.2, 0.25) is 0 Å². The maximum Gasteiger partial charge on any atom is 0.128 e. The number of ether oxygens (including phenoxy) is 1. The summed E-state index contributed by atoms with van der Waals surface area (Å²) < 4.78 is 11.8. The predicted molar refractivity (Wildman–Crippen MR) is 236 cm³/mol. The predicted octanol–water partition coefficient (Wildman–Crippen LogP) is 15.2. The van der Waals surface area contributed by atoms with Gasteiger partial charge in [0.25, 0.3) is 0 Å². The van der Waals surface area contributed by atoms with Crippen LogP contribution in [0.15, 0.2) is 192 Å². The van der Waals surface area contributed by atoms with E-state index in [9.17, 15) is 0 Å². The lowest BCUT2D eigenvalue weighted by atomic mass is 9.93. The minimum Gasteiger partial charge on any atom is -0.497 e. The molecule has 0 bridgehead atoms. The molecule has 0 aliphatic carbocycles. The van der Waals surface area contributed by atoms with Gasteiger partial charge in [0.1, 0.15) is 17.3 Å². The maximum absolute atomic E-state index is 6.72. The van der Waals surface area contributed by atoms with Crippen molar-refractivity contribution in [2.45, 2.75) is 0 Å². The molecule has 0 aliphatic heterocycles. The van der Waals surface area contributed by atoms with E-state index in [1.54, 1.807) is 13.2 Å². The van der Waals surface area contributed by atoms with Crippen molar-refractivity contribution in [1.29, 1.82) is 0 Å².